The van der Waals surface area contributed by atoms with Gasteiger partial charge in [-0.1, -0.05) is 6.42 Å². The van der Waals surface area contributed by atoms with E-state index in [1.54, 1.807) is 12.3 Å². The molecule has 0 aliphatic heterocycles. The third-order valence-electron chi connectivity index (χ3n) is 2.60. The predicted octanol–water partition coefficient (Wildman–Crippen LogP) is 1.93. The lowest BCUT2D eigenvalue weighted by Gasteiger charge is -2.06. The molecule has 0 fully saturated rings. The van der Waals surface area contributed by atoms with Gasteiger partial charge in [-0.15, -0.1) is 0 Å². The highest BCUT2D eigenvalue weighted by Gasteiger charge is 2.03. The van der Waals surface area contributed by atoms with Crippen molar-refractivity contribution >= 4 is 17.6 Å². The number of methoxy groups -OCH3 is 1. The molecule has 0 radical (unpaired) electrons. The van der Waals surface area contributed by atoms with Crippen molar-refractivity contribution in [3.63, 3.8) is 0 Å². The SMILES string of the molecule is COC(=O)CCCCCNc1cncc(C(=O)O)c1. The molecule has 0 saturated heterocycles. The van der Waals surface area contributed by atoms with Crippen LogP contribution in [0.2, 0.25) is 0 Å². The molecule has 6 heteroatoms. The first-order valence-corrected chi connectivity index (χ1v) is 6.12. The Kier molecular flexibility index (Phi) is 6.35. The van der Waals surface area contributed by atoms with Gasteiger partial charge in [-0.25, -0.2) is 4.79 Å². The fourth-order valence-electron chi connectivity index (χ4n) is 1.56. The highest BCUT2D eigenvalue weighted by Crippen LogP contribution is 2.09. The summed E-state index contributed by atoms with van der Waals surface area (Å²) >= 11 is 0. The van der Waals surface area contributed by atoms with Gasteiger partial charge in [-0.2, -0.15) is 0 Å². The number of esters is 1. The minimum absolute atomic E-state index is 0.163. The Bertz CT molecular complexity index is 434. The normalized spacial score (nSPS) is 9.95. The van der Waals surface area contributed by atoms with Crippen molar-refractivity contribution in [2.75, 3.05) is 19.0 Å². The number of nitrogens with zero attached hydrogens (tertiary/aromatic N) is 1. The average Bonchev–Trinajstić information content (AvgIpc) is 2.42. The van der Waals surface area contributed by atoms with Gasteiger partial charge in [0.25, 0.3) is 0 Å². The van der Waals surface area contributed by atoms with Gasteiger partial charge < -0.3 is 15.2 Å². The van der Waals surface area contributed by atoms with Crippen LogP contribution in [0.15, 0.2) is 18.5 Å². The predicted molar refractivity (Wildman–Crippen MR) is 70.2 cm³/mol. The van der Waals surface area contributed by atoms with Crippen LogP contribution < -0.4 is 5.32 Å². The van der Waals surface area contributed by atoms with Crippen molar-refractivity contribution in [3.05, 3.63) is 24.0 Å². The monoisotopic (exact) mass is 266 g/mol. The highest BCUT2D eigenvalue weighted by atomic mass is 16.5. The third kappa shape index (κ3) is 5.85. The lowest BCUT2D eigenvalue weighted by molar-refractivity contribution is -0.140. The van der Waals surface area contributed by atoms with Crippen LogP contribution in [-0.2, 0) is 9.53 Å². The van der Waals surface area contributed by atoms with Crippen molar-refractivity contribution in [1.29, 1.82) is 0 Å². The minimum atomic E-state index is -0.991. The summed E-state index contributed by atoms with van der Waals surface area (Å²) in [7, 11) is 1.38. The Balaban J connectivity index is 2.21. The molecule has 2 N–H and O–H groups in total. The Hall–Kier alpha value is -2.11. The molecular weight excluding hydrogens is 248 g/mol. The van der Waals surface area contributed by atoms with Gasteiger partial charge in [0.05, 0.1) is 18.4 Å². The Morgan fingerprint density at radius 3 is 2.79 bits per heavy atom. The molecule has 104 valence electrons. The van der Waals surface area contributed by atoms with Gasteiger partial charge in [0.15, 0.2) is 0 Å². The van der Waals surface area contributed by atoms with Crippen LogP contribution in [0.1, 0.15) is 36.0 Å². The number of hydrogen-bond acceptors (Lipinski definition) is 5. The van der Waals surface area contributed by atoms with Crippen LogP contribution in [0, 0.1) is 0 Å². The van der Waals surface area contributed by atoms with Crippen molar-refractivity contribution in [2.45, 2.75) is 25.7 Å². The van der Waals surface area contributed by atoms with Crippen LogP contribution >= 0.6 is 0 Å². The largest absolute Gasteiger partial charge is 0.478 e. The standard InChI is InChI=1S/C13H18N2O4/c1-19-12(16)5-3-2-4-6-15-11-7-10(13(17)18)8-14-9-11/h7-9,15H,2-6H2,1H3,(H,17,18). The van der Waals surface area contributed by atoms with Crippen LogP contribution in [0.4, 0.5) is 5.69 Å². The second-order valence-corrected chi connectivity index (χ2v) is 4.08. The van der Waals surface area contributed by atoms with Crippen LogP contribution in [0.3, 0.4) is 0 Å². The van der Waals surface area contributed by atoms with Gasteiger partial charge in [0, 0.05) is 25.4 Å². The van der Waals surface area contributed by atoms with Crippen molar-refractivity contribution < 1.29 is 19.4 Å². The molecule has 0 atom stereocenters. The maximum absolute atomic E-state index is 10.9. The van der Waals surface area contributed by atoms with Gasteiger partial charge in [-0.3, -0.25) is 9.78 Å². The molecular formula is C13H18N2O4. The quantitative estimate of drug-likeness (QED) is 0.552. The van der Waals surface area contributed by atoms with E-state index in [1.165, 1.54) is 13.3 Å². The topological polar surface area (TPSA) is 88.5 Å². The van der Waals surface area contributed by atoms with Gasteiger partial charge in [0.2, 0.25) is 0 Å². The number of carboxylic acids is 1. The summed E-state index contributed by atoms with van der Waals surface area (Å²) in [5.74, 6) is -1.18. The Morgan fingerprint density at radius 1 is 1.32 bits per heavy atom. The molecule has 0 aromatic carbocycles. The first kappa shape index (κ1) is 14.9. The van der Waals surface area contributed by atoms with Crippen molar-refractivity contribution in [1.82, 2.24) is 4.98 Å². The summed E-state index contributed by atoms with van der Waals surface area (Å²) in [6, 6.07) is 1.55. The zero-order valence-electron chi connectivity index (χ0n) is 10.9. The number of pyridine rings is 1. The van der Waals surface area contributed by atoms with E-state index in [0.29, 0.717) is 18.7 Å². The van der Waals surface area contributed by atoms with Crippen LogP contribution in [-0.4, -0.2) is 35.7 Å². The fraction of sp³-hybridized carbons (Fsp3) is 0.462. The van der Waals surface area contributed by atoms with Crippen molar-refractivity contribution in [3.8, 4) is 0 Å². The first-order chi connectivity index (χ1) is 9.13. The number of ether oxygens (including phenoxy) is 1. The number of hydrogen-bond donors (Lipinski definition) is 2. The zero-order chi connectivity index (χ0) is 14.1. The van der Waals surface area contributed by atoms with Gasteiger partial charge in [-0.05, 0) is 18.9 Å². The lowest BCUT2D eigenvalue weighted by atomic mass is 10.2. The second kappa shape index (κ2) is 8.07. The zero-order valence-corrected chi connectivity index (χ0v) is 10.9. The van der Waals surface area contributed by atoms with E-state index < -0.39 is 5.97 Å². The van der Waals surface area contributed by atoms with Gasteiger partial charge in [0.1, 0.15) is 0 Å². The summed E-state index contributed by atoms with van der Waals surface area (Å²) in [5.41, 5.74) is 0.851. The number of nitrogens with one attached hydrogen (secondary N) is 1. The summed E-state index contributed by atoms with van der Waals surface area (Å²) in [5, 5.41) is 11.9. The molecule has 1 aromatic rings. The molecule has 1 rings (SSSR count). The number of rotatable bonds is 8. The number of aromatic nitrogens is 1. The highest BCUT2D eigenvalue weighted by molar-refractivity contribution is 5.88. The number of aromatic carboxylic acids is 1. The molecule has 19 heavy (non-hydrogen) atoms. The fourth-order valence-corrected chi connectivity index (χ4v) is 1.56. The minimum Gasteiger partial charge on any atom is -0.478 e. The summed E-state index contributed by atoms with van der Waals surface area (Å²) < 4.78 is 4.54. The average molecular weight is 266 g/mol. The van der Waals surface area contributed by atoms with E-state index in [2.05, 4.69) is 15.0 Å². The number of carbonyl (C=O) groups is 2. The van der Waals surface area contributed by atoms with E-state index >= 15 is 0 Å². The number of unbranched alkanes of at least 4 members (excludes halogenated alkanes) is 2. The van der Waals surface area contributed by atoms with E-state index in [-0.39, 0.29) is 11.5 Å². The van der Waals surface area contributed by atoms with E-state index in [4.69, 9.17) is 5.11 Å². The summed E-state index contributed by atoms with van der Waals surface area (Å²) in [6.45, 7) is 0.714. The van der Waals surface area contributed by atoms with E-state index in [9.17, 15) is 9.59 Å². The molecule has 6 nitrogen and oxygen atoms in total. The molecule has 0 bridgehead atoms. The maximum Gasteiger partial charge on any atom is 0.337 e. The molecule has 1 heterocycles. The number of anilines is 1. The Labute approximate surface area is 111 Å². The van der Waals surface area contributed by atoms with Gasteiger partial charge >= 0.3 is 11.9 Å². The maximum atomic E-state index is 10.9. The second-order valence-electron chi connectivity index (χ2n) is 4.08. The summed E-state index contributed by atoms with van der Waals surface area (Å²) in [4.78, 5) is 25.5. The molecule has 0 amide bonds. The first-order valence-electron chi connectivity index (χ1n) is 6.12. The van der Waals surface area contributed by atoms with E-state index in [0.717, 1.165) is 19.3 Å². The number of carboxylic acid groups (broad SMARTS) is 1. The third-order valence-corrected chi connectivity index (χ3v) is 2.60. The molecule has 0 aliphatic carbocycles. The van der Waals surface area contributed by atoms with Crippen molar-refractivity contribution in [2.24, 2.45) is 0 Å². The smallest absolute Gasteiger partial charge is 0.337 e. The molecule has 0 spiro atoms. The van der Waals surface area contributed by atoms with Crippen LogP contribution in [0.5, 0.6) is 0 Å². The Morgan fingerprint density at radius 2 is 2.11 bits per heavy atom. The molecule has 0 saturated carbocycles. The number of carbonyl (C=O) groups excluding carboxylic acids is 1. The molecule has 1 aromatic heterocycles. The molecule has 0 aliphatic rings. The molecule has 0 unspecified atom stereocenters. The lowest BCUT2D eigenvalue weighted by Crippen LogP contribution is -2.05. The summed E-state index contributed by atoms with van der Waals surface area (Å²) in [6.07, 6.45) is 5.93. The van der Waals surface area contributed by atoms with E-state index in [1.807, 2.05) is 0 Å². The van der Waals surface area contributed by atoms with Crippen LogP contribution in [0.25, 0.3) is 0 Å².